The van der Waals surface area contributed by atoms with Crippen molar-refractivity contribution >= 4 is 0 Å². The molecule has 1 aromatic carbocycles. The highest BCUT2D eigenvalue weighted by molar-refractivity contribution is 5.39. The molecule has 0 saturated carbocycles. The smallest absolute Gasteiger partial charge is 0.0991 e. The fourth-order valence-corrected chi connectivity index (χ4v) is 1.55. The van der Waals surface area contributed by atoms with E-state index in [4.69, 9.17) is 5.26 Å². The van der Waals surface area contributed by atoms with Gasteiger partial charge in [-0.05, 0) is 30.8 Å². The van der Waals surface area contributed by atoms with E-state index in [0.29, 0.717) is 5.56 Å². The van der Waals surface area contributed by atoms with E-state index in [1.807, 2.05) is 29.2 Å². The first-order chi connectivity index (χ1) is 8.33. The van der Waals surface area contributed by atoms with Crippen molar-refractivity contribution in [3.8, 4) is 11.8 Å². The summed E-state index contributed by atoms with van der Waals surface area (Å²) in [5.74, 6) is 0. The number of rotatable bonds is 4. The number of hydrogen-bond donors (Lipinski definition) is 1. The van der Waals surface area contributed by atoms with Crippen molar-refractivity contribution < 1.29 is 0 Å². The van der Waals surface area contributed by atoms with Crippen LogP contribution in [0.2, 0.25) is 0 Å². The standard InChI is InChI=1S/C13H14N4/c1-2-15-8-12-9-16-17(10-12)13-5-3-11(7-14)4-6-13/h3-6,9-10,15H,2,8H2,1H3. The SMILES string of the molecule is CCNCc1cnn(-c2ccc(C#N)cc2)c1. The predicted octanol–water partition coefficient (Wildman–Crippen LogP) is 1.85. The molecule has 2 aromatic rings. The number of hydrogen-bond acceptors (Lipinski definition) is 3. The second kappa shape index (κ2) is 5.28. The molecule has 0 saturated heterocycles. The lowest BCUT2D eigenvalue weighted by molar-refractivity contribution is 0.726. The zero-order chi connectivity index (χ0) is 12.1. The number of nitrogens with zero attached hydrogens (tertiary/aromatic N) is 3. The summed E-state index contributed by atoms with van der Waals surface area (Å²) in [7, 11) is 0. The molecule has 0 unspecified atom stereocenters. The largest absolute Gasteiger partial charge is 0.313 e. The molecule has 0 atom stereocenters. The lowest BCUT2D eigenvalue weighted by Gasteiger charge is -2.00. The Morgan fingerprint density at radius 3 is 2.76 bits per heavy atom. The summed E-state index contributed by atoms with van der Waals surface area (Å²) in [6.45, 7) is 3.85. The maximum atomic E-state index is 8.72. The molecule has 0 aliphatic rings. The zero-order valence-electron chi connectivity index (χ0n) is 9.72. The summed E-state index contributed by atoms with van der Waals surface area (Å²) >= 11 is 0. The Morgan fingerprint density at radius 1 is 1.35 bits per heavy atom. The molecule has 86 valence electrons. The molecule has 0 spiro atoms. The summed E-state index contributed by atoms with van der Waals surface area (Å²) in [6.07, 6.45) is 3.84. The van der Waals surface area contributed by atoms with Crippen LogP contribution in [-0.2, 0) is 6.54 Å². The van der Waals surface area contributed by atoms with E-state index in [1.165, 1.54) is 0 Å². The van der Waals surface area contributed by atoms with Gasteiger partial charge < -0.3 is 5.32 Å². The van der Waals surface area contributed by atoms with Crippen molar-refractivity contribution in [2.75, 3.05) is 6.54 Å². The van der Waals surface area contributed by atoms with Gasteiger partial charge in [0, 0.05) is 18.3 Å². The van der Waals surface area contributed by atoms with Gasteiger partial charge in [0.25, 0.3) is 0 Å². The van der Waals surface area contributed by atoms with Crippen LogP contribution < -0.4 is 5.32 Å². The molecular weight excluding hydrogens is 212 g/mol. The Hall–Kier alpha value is -2.12. The highest BCUT2D eigenvalue weighted by Gasteiger charge is 2.00. The lowest BCUT2D eigenvalue weighted by atomic mass is 10.2. The van der Waals surface area contributed by atoms with Crippen molar-refractivity contribution in [3.63, 3.8) is 0 Å². The Kier molecular flexibility index (Phi) is 3.53. The van der Waals surface area contributed by atoms with Gasteiger partial charge in [0.05, 0.1) is 23.5 Å². The van der Waals surface area contributed by atoms with E-state index < -0.39 is 0 Å². The molecule has 0 aliphatic heterocycles. The second-order valence-electron chi connectivity index (χ2n) is 3.73. The fourth-order valence-electron chi connectivity index (χ4n) is 1.55. The summed E-state index contributed by atoms with van der Waals surface area (Å²) in [4.78, 5) is 0. The van der Waals surface area contributed by atoms with Crippen LogP contribution >= 0.6 is 0 Å². The van der Waals surface area contributed by atoms with Crippen molar-refractivity contribution in [2.45, 2.75) is 13.5 Å². The van der Waals surface area contributed by atoms with Crippen LogP contribution in [0, 0.1) is 11.3 Å². The monoisotopic (exact) mass is 226 g/mol. The van der Waals surface area contributed by atoms with E-state index in [9.17, 15) is 0 Å². The normalized spacial score (nSPS) is 10.1. The molecule has 4 heteroatoms. The van der Waals surface area contributed by atoms with E-state index in [1.54, 1.807) is 12.1 Å². The van der Waals surface area contributed by atoms with Gasteiger partial charge in [-0.25, -0.2) is 4.68 Å². The average Bonchev–Trinajstić information content (AvgIpc) is 2.85. The number of nitriles is 1. The molecule has 0 aliphatic carbocycles. The summed E-state index contributed by atoms with van der Waals surface area (Å²) in [5, 5.41) is 16.3. The Labute approximate surface area is 100 Å². The first-order valence-electron chi connectivity index (χ1n) is 5.58. The first-order valence-corrected chi connectivity index (χ1v) is 5.58. The Morgan fingerprint density at radius 2 is 2.12 bits per heavy atom. The number of nitrogens with one attached hydrogen (secondary N) is 1. The van der Waals surface area contributed by atoms with Crippen molar-refractivity contribution in [2.24, 2.45) is 0 Å². The van der Waals surface area contributed by atoms with Gasteiger partial charge >= 0.3 is 0 Å². The molecule has 0 amide bonds. The van der Waals surface area contributed by atoms with Gasteiger partial charge in [-0.3, -0.25) is 0 Å². The van der Waals surface area contributed by atoms with Gasteiger partial charge in [-0.2, -0.15) is 10.4 Å². The molecule has 1 N–H and O–H groups in total. The Bertz CT molecular complexity index is 519. The molecule has 4 nitrogen and oxygen atoms in total. The van der Waals surface area contributed by atoms with Crippen molar-refractivity contribution in [1.29, 1.82) is 5.26 Å². The average molecular weight is 226 g/mol. The van der Waals surface area contributed by atoms with Crippen LogP contribution in [0.25, 0.3) is 5.69 Å². The number of benzene rings is 1. The van der Waals surface area contributed by atoms with Crippen molar-refractivity contribution in [1.82, 2.24) is 15.1 Å². The topological polar surface area (TPSA) is 53.6 Å². The maximum Gasteiger partial charge on any atom is 0.0991 e. The van der Waals surface area contributed by atoms with Crippen LogP contribution in [0.1, 0.15) is 18.1 Å². The zero-order valence-corrected chi connectivity index (χ0v) is 9.72. The minimum atomic E-state index is 0.661. The molecule has 0 radical (unpaired) electrons. The van der Waals surface area contributed by atoms with Crippen LogP contribution in [-0.4, -0.2) is 16.3 Å². The summed E-state index contributed by atoms with van der Waals surface area (Å²) in [5.41, 5.74) is 2.77. The van der Waals surface area contributed by atoms with Crippen LogP contribution in [0.5, 0.6) is 0 Å². The van der Waals surface area contributed by atoms with Gasteiger partial charge in [0.1, 0.15) is 0 Å². The maximum absolute atomic E-state index is 8.72. The van der Waals surface area contributed by atoms with Crippen LogP contribution in [0.4, 0.5) is 0 Å². The molecule has 17 heavy (non-hydrogen) atoms. The molecule has 0 fully saturated rings. The van der Waals surface area contributed by atoms with Crippen LogP contribution in [0.15, 0.2) is 36.7 Å². The predicted molar refractivity (Wildman–Crippen MR) is 65.7 cm³/mol. The fraction of sp³-hybridized carbons (Fsp3) is 0.231. The third-order valence-corrected chi connectivity index (χ3v) is 2.48. The molecule has 0 bridgehead atoms. The highest BCUT2D eigenvalue weighted by atomic mass is 15.3. The second-order valence-corrected chi connectivity index (χ2v) is 3.73. The minimum Gasteiger partial charge on any atom is -0.313 e. The third kappa shape index (κ3) is 2.71. The molecule has 1 aromatic heterocycles. The van der Waals surface area contributed by atoms with E-state index in [-0.39, 0.29) is 0 Å². The van der Waals surface area contributed by atoms with Gasteiger partial charge in [0.15, 0.2) is 0 Å². The van der Waals surface area contributed by atoms with Gasteiger partial charge in [-0.15, -0.1) is 0 Å². The van der Waals surface area contributed by atoms with E-state index in [2.05, 4.69) is 23.4 Å². The van der Waals surface area contributed by atoms with Crippen LogP contribution in [0.3, 0.4) is 0 Å². The first kappa shape index (κ1) is 11.4. The van der Waals surface area contributed by atoms with E-state index >= 15 is 0 Å². The van der Waals surface area contributed by atoms with E-state index in [0.717, 1.165) is 24.3 Å². The number of aromatic nitrogens is 2. The molecule has 1 heterocycles. The molecule has 2 rings (SSSR count). The highest BCUT2D eigenvalue weighted by Crippen LogP contribution is 2.09. The molecular formula is C13H14N4. The third-order valence-electron chi connectivity index (χ3n) is 2.48. The lowest BCUT2D eigenvalue weighted by Crippen LogP contribution is -2.10. The quantitative estimate of drug-likeness (QED) is 0.865. The van der Waals surface area contributed by atoms with Gasteiger partial charge in [0.2, 0.25) is 0 Å². The Balaban J connectivity index is 2.16. The minimum absolute atomic E-state index is 0.661. The summed E-state index contributed by atoms with van der Waals surface area (Å²) < 4.78 is 1.81. The van der Waals surface area contributed by atoms with Gasteiger partial charge in [-0.1, -0.05) is 6.92 Å². The van der Waals surface area contributed by atoms with Crippen molar-refractivity contribution in [3.05, 3.63) is 47.8 Å². The summed E-state index contributed by atoms with van der Waals surface area (Å²) in [6, 6.07) is 9.47.